The average Bonchev–Trinajstić information content (AvgIpc) is 0.695. The smallest absolute Gasteiger partial charge is 0.251 e. The van der Waals surface area contributed by atoms with Crippen LogP contribution in [0.25, 0.3) is 66.8 Å². The predicted octanol–water partition coefficient (Wildman–Crippen LogP) is 27.7. The number of hydrogen-bond donors (Lipinski definition) is 0. The standard InChI is InChI=1S/C41H41BO.C35H29BO.C33H25BO.C29H33BO/c1-39(2,3)29-18-13-26(14-19-29)28-17-23-35-34(25-28)42-33-12-10-9-11-32(33)41(7,8)37-31(22-24-36(43-35)38(37)42)27-15-20-30(21-16-27)40(4,5)6;1-22-9-13-24(14-10-22)26-17-19-31-30(21-26)36-29-8-6-5-7-28(29)35(3,4)33-27(18-20-32(37-31)34(33)36)25-15-11-23(2)12-16-25;1-33(2)26-15-9-10-16-27(26)34-28-21-24(22-11-5-3-6-12-22)17-19-29(28)35-30-20-18-25(31(33)32(30)34)23-13-7-4-8-14-23;1-5-7-11-20-15-17-25-24(19-20)30-23-14-10-9-13-22(23)29(3,4)27-21(12-8-6-2)16-18-26(31-25)28(27)30/h9-25H,1-8H3;5-21H,1-4H3;3-21H,1-2H3;9-10,13-19H,5-8,11-12H2,1-4H3. The van der Waals surface area contributed by atoms with Crippen molar-refractivity contribution in [3.63, 3.8) is 0 Å². The molecule has 18 aromatic carbocycles. The molecule has 26 rings (SSSR count). The first kappa shape index (κ1) is 95.0. The second kappa shape index (κ2) is 36.9. The Labute approximate surface area is 867 Å². The van der Waals surface area contributed by atoms with Crippen molar-refractivity contribution in [3.8, 4) is 113 Å². The Morgan fingerprint density at radius 1 is 0.226 bits per heavy atom. The van der Waals surface area contributed by atoms with Crippen molar-refractivity contribution in [2.75, 3.05) is 0 Å². The Morgan fingerprint density at radius 2 is 0.486 bits per heavy atom. The third-order valence-corrected chi connectivity index (χ3v) is 33.3. The fourth-order valence-electron chi connectivity index (χ4n) is 25.8. The number of hydrogen-bond acceptors (Lipinski definition) is 4. The summed E-state index contributed by atoms with van der Waals surface area (Å²) in [4.78, 5) is 0. The quantitative estimate of drug-likeness (QED) is 0.114. The van der Waals surface area contributed by atoms with Gasteiger partial charge in [-0.2, -0.15) is 0 Å². The van der Waals surface area contributed by atoms with Gasteiger partial charge in [-0.15, -0.1) is 0 Å². The summed E-state index contributed by atoms with van der Waals surface area (Å²) < 4.78 is 26.6. The van der Waals surface area contributed by atoms with Crippen LogP contribution in [0.15, 0.2) is 376 Å². The molecule has 0 radical (unpaired) electrons. The topological polar surface area (TPSA) is 36.9 Å². The van der Waals surface area contributed by atoms with Crippen LogP contribution >= 0.6 is 0 Å². The molecule has 0 fully saturated rings. The van der Waals surface area contributed by atoms with Crippen molar-refractivity contribution in [2.24, 2.45) is 0 Å². The second-order valence-electron chi connectivity index (χ2n) is 46.2. The van der Waals surface area contributed by atoms with Gasteiger partial charge in [-0.1, -0.05) is 484 Å². The number of unbranched alkanes of at least 4 members (excludes halogenated alkanes) is 2. The maximum absolute atomic E-state index is 6.74. The SMILES string of the molecule is CC(C)(C)c1ccc(-c2ccc3c(c2)B2c4ccccc4C(C)(C)c4c(-c5ccc(C(C)(C)C)cc5)ccc(c42)O3)cc1.CC1(C)c2ccccc2B2c3cc(-c4ccccc4)ccc3Oc3ccc(-c4ccccc4)c1c32.CCCCc1ccc2c(c1)B1c3ccccc3C(C)(C)c3c(CCCC)ccc(c31)O2.Cc1ccc(-c2ccc3c(c2)B2c4ccccc4C(C)(C)c4c(-c5ccc(C)cc5)ccc(c42)O3)cc1. The van der Waals surface area contributed by atoms with E-state index in [-0.39, 0.29) is 59.3 Å². The Bertz CT molecular complexity index is 8150. The number of aryl methyl sites for hydroxylation is 4. The molecule has 0 saturated carbocycles. The van der Waals surface area contributed by atoms with Gasteiger partial charge in [-0.3, -0.25) is 0 Å². The molecule has 716 valence electrons. The number of fused-ring (bicyclic) bond motifs is 16. The zero-order chi connectivity index (χ0) is 101. The van der Waals surface area contributed by atoms with Crippen LogP contribution in [-0.4, -0.2) is 26.9 Å². The van der Waals surface area contributed by atoms with Crippen molar-refractivity contribution in [1.29, 1.82) is 0 Å². The molecule has 0 atom stereocenters. The van der Waals surface area contributed by atoms with Gasteiger partial charge in [0.2, 0.25) is 0 Å². The Balaban J connectivity index is 0.000000108. The Morgan fingerprint density at radius 3 is 0.842 bits per heavy atom. The highest BCUT2D eigenvalue weighted by Gasteiger charge is 2.52. The van der Waals surface area contributed by atoms with Crippen LogP contribution < -0.4 is 84.5 Å². The maximum Gasteiger partial charge on any atom is 0.251 e. The van der Waals surface area contributed by atoms with Gasteiger partial charge < -0.3 is 18.9 Å². The highest BCUT2D eigenvalue weighted by Crippen LogP contribution is 2.50. The summed E-state index contributed by atoms with van der Waals surface area (Å²) in [6.45, 7) is 42.1. The molecule has 146 heavy (non-hydrogen) atoms. The van der Waals surface area contributed by atoms with Crippen LogP contribution in [0.3, 0.4) is 0 Å². The third-order valence-electron chi connectivity index (χ3n) is 33.3. The van der Waals surface area contributed by atoms with Gasteiger partial charge in [0, 0.05) is 21.7 Å². The largest absolute Gasteiger partial charge is 0.458 e. The van der Waals surface area contributed by atoms with Gasteiger partial charge >= 0.3 is 0 Å². The molecular formula is C138H128B4O4. The summed E-state index contributed by atoms with van der Waals surface area (Å²) in [5, 5.41) is 0. The molecule has 0 bridgehead atoms. The van der Waals surface area contributed by atoms with Gasteiger partial charge in [0.15, 0.2) is 0 Å². The molecule has 8 heteroatoms. The summed E-state index contributed by atoms with van der Waals surface area (Å²) >= 11 is 0. The normalized spacial score (nSPS) is 14.6. The molecule has 0 saturated heterocycles. The molecule has 8 heterocycles. The molecule has 0 amide bonds. The molecule has 0 aliphatic carbocycles. The fourth-order valence-corrected chi connectivity index (χ4v) is 25.8. The van der Waals surface area contributed by atoms with Gasteiger partial charge in [0.05, 0.1) is 0 Å². The average molecular weight is 1890 g/mol. The lowest BCUT2D eigenvalue weighted by Gasteiger charge is -2.43. The summed E-state index contributed by atoms with van der Waals surface area (Å²) in [5.41, 5.74) is 50.3. The maximum atomic E-state index is 6.74. The van der Waals surface area contributed by atoms with Crippen LogP contribution in [0.1, 0.15) is 214 Å². The molecule has 4 nitrogen and oxygen atoms in total. The summed E-state index contributed by atoms with van der Waals surface area (Å²) in [6.07, 6.45) is 7.18. The van der Waals surface area contributed by atoms with Crippen LogP contribution in [0, 0.1) is 13.8 Å². The summed E-state index contributed by atoms with van der Waals surface area (Å²) in [7, 11) is 0. The Kier molecular flexibility index (Phi) is 24.0. The summed E-state index contributed by atoms with van der Waals surface area (Å²) in [6, 6.07) is 138. The van der Waals surface area contributed by atoms with E-state index in [4.69, 9.17) is 18.9 Å². The molecule has 8 aliphatic heterocycles. The van der Waals surface area contributed by atoms with E-state index in [0.717, 1.165) is 58.8 Å². The van der Waals surface area contributed by atoms with Crippen molar-refractivity contribution >= 4 is 92.4 Å². The molecule has 0 unspecified atom stereocenters. The minimum atomic E-state index is -0.183. The molecular weight excluding hydrogens is 1760 g/mol. The monoisotopic (exact) mass is 1890 g/mol. The number of rotatable bonds is 12. The van der Waals surface area contributed by atoms with Crippen LogP contribution in [0.2, 0.25) is 0 Å². The van der Waals surface area contributed by atoms with Crippen molar-refractivity contribution in [1.82, 2.24) is 0 Å². The van der Waals surface area contributed by atoms with Crippen LogP contribution in [0.5, 0.6) is 46.0 Å². The van der Waals surface area contributed by atoms with E-state index < -0.39 is 0 Å². The zero-order valence-electron chi connectivity index (χ0n) is 88.0. The first-order chi connectivity index (χ1) is 70.4. The van der Waals surface area contributed by atoms with Crippen LogP contribution in [-0.2, 0) is 45.3 Å². The van der Waals surface area contributed by atoms with E-state index in [2.05, 4.69) is 501 Å². The number of benzene rings is 18. The highest BCUT2D eigenvalue weighted by molar-refractivity contribution is 7.00. The molecule has 0 spiro atoms. The first-order valence-corrected chi connectivity index (χ1v) is 53.2. The molecule has 8 aliphatic rings. The van der Waals surface area contributed by atoms with Gasteiger partial charge in [0.1, 0.15) is 46.0 Å². The minimum Gasteiger partial charge on any atom is -0.458 e. The number of ether oxygens (including phenoxy) is 4. The van der Waals surface area contributed by atoms with Gasteiger partial charge in [0.25, 0.3) is 26.9 Å². The van der Waals surface area contributed by atoms with Crippen molar-refractivity contribution in [3.05, 3.63) is 454 Å². The lowest BCUT2D eigenvalue weighted by molar-refractivity contribution is 0.483. The van der Waals surface area contributed by atoms with E-state index in [9.17, 15) is 0 Å². The van der Waals surface area contributed by atoms with Gasteiger partial charge in [-0.05, 0) is 276 Å². The van der Waals surface area contributed by atoms with E-state index >= 15 is 0 Å². The zero-order valence-corrected chi connectivity index (χ0v) is 88.0. The highest BCUT2D eigenvalue weighted by atomic mass is 16.5. The Hall–Kier alpha value is -14.6. The lowest BCUT2D eigenvalue weighted by atomic mass is 9.30. The molecule has 0 aromatic heterocycles. The minimum absolute atomic E-state index is 0.0256. The molecule has 0 N–H and O–H groups in total. The molecule has 18 aromatic rings. The third kappa shape index (κ3) is 16.3. The van der Waals surface area contributed by atoms with E-state index in [0.29, 0.717) is 0 Å². The van der Waals surface area contributed by atoms with Crippen LogP contribution in [0.4, 0.5) is 0 Å². The van der Waals surface area contributed by atoms with E-state index in [1.165, 1.54) is 236 Å². The van der Waals surface area contributed by atoms with Crippen molar-refractivity contribution in [2.45, 2.75) is 196 Å². The fraction of sp³-hybridized carbons (Fsp3) is 0.217. The lowest BCUT2D eigenvalue weighted by Crippen LogP contribution is -2.62. The van der Waals surface area contributed by atoms with E-state index in [1.54, 1.807) is 0 Å². The summed E-state index contributed by atoms with van der Waals surface area (Å²) in [5.74, 6) is 7.88. The first-order valence-electron chi connectivity index (χ1n) is 53.2. The second-order valence-corrected chi connectivity index (χ2v) is 46.2. The predicted molar refractivity (Wildman–Crippen MR) is 621 cm³/mol. The van der Waals surface area contributed by atoms with E-state index in [1.807, 2.05) is 0 Å². The van der Waals surface area contributed by atoms with Crippen molar-refractivity contribution < 1.29 is 18.9 Å². The van der Waals surface area contributed by atoms with Gasteiger partial charge in [-0.25, -0.2) is 0 Å².